The van der Waals surface area contributed by atoms with Gasteiger partial charge in [-0.25, -0.2) is 9.50 Å². The van der Waals surface area contributed by atoms with Gasteiger partial charge in [-0.05, 0) is 18.4 Å². The predicted molar refractivity (Wildman–Crippen MR) is 67.0 cm³/mol. The number of fused-ring (bicyclic) bond motifs is 1. The third-order valence-electron chi connectivity index (χ3n) is 2.54. The molecule has 0 aliphatic heterocycles. The summed E-state index contributed by atoms with van der Waals surface area (Å²) in [6, 6.07) is 3.99. The van der Waals surface area contributed by atoms with Gasteiger partial charge in [0.05, 0.1) is 23.6 Å². The fourth-order valence-electron chi connectivity index (χ4n) is 1.74. The zero-order valence-corrected chi connectivity index (χ0v) is 10.3. The summed E-state index contributed by atoms with van der Waals surface area (Å²) in [6.45, 7) is 0. The maximum atomic E-state index is 4.59. The summed E-state index contributed by atoms with van der Waals surface area (Å²) in [7, 11) is 1.90. The molecule has 6 heteroatoms. The SMILES string of the molecule is CSc1nc(-c2cnn(C)c2)cc2ccnn12. The molecule has 86 valence electrons. The van der Waals surface area contributed by atoms with E-state index < -0.39 is 0 Å². The van der Waals surface area contributed by atoms with Gasteiger partial charge >= 0.3 is 0 Å². The number of hydrogen-bond donors (Lipinski definition) is 0. The lowest BCUT2D eigenvalue weighted by Crippen LogP contribution is -1.97. The van der Waals surface area contributed by atoms with Crippen LogP contribution in [0, 0.1) is 0 Å². The molecule has 0 saturated heterocycles. The molecule has 0 unspecified atom stereocenters. The van der Waals surface area contributed by atoms with Gasteiger partial charge in [0, 0.05) is 18.8 Å². The Labute approximate surface area is 102 Å². The van der Waals surface area contributed by atoms with E-state index in [4.69, 9.17) is 0 Å². The van der Waals surface area contributed by atoms with E-state index in [2.05, 4.69) is 15.2 Å². The van der Waals surface area contributed by atoms with Gasteiger partial charge in [-0.2, -0.15) is 10.2 Å². The Morgan fingerprint density at radius 2 is 2.18 bits per heavy atom. The van der Waals surface area contributed by atoms with E-state index in [1.807, 2.05) is 42.3 Å². The minimum atomic E-state index is 0.881. The molecular formula is C11H11N5S. The fraction of sp³-hybridized carbons (Fsp3) is 0.182. The van der Waals surface area contributed by atoms with Crippen molar-refractivity contribution in [3.05, 3.63) is 30.7 Å². The average Bonchev–Trinajstić information content (AvgIpc) is 2.95. The minimum Gasteiger partial charge on any atom is -0.275 e. The number of thioether (sulfide) groups is 1. The van der Waals surface area contributed by atoms with Crippen LogP contribution in [0.25, 0.3) is 16.8 Å². The van der Waals surface area contributed by atoms with E-state index in [0.29, 0.717) is 0 Å². The van der Waals surface area contributed by atoms with Gasteiger partial charge in [0.1, 0.15) is 0 Å². The van der Waals surface area contributed by atoms with Crippen molar-refractivity contribution in [1.29, 1.82) is 0 Å². The van der Waals surface area contributed by atoms with Crippen LogP contribution < -0.4 is 0 Å². The monoisotopic (exact) mass is 245 g/mol. The Morgan fingerprint density at radius 3 is 2.88 bits per heavy atom. The standard InChI is InChI=1S/C11H11N5S/c1-15-7-8(6-13-15)10-5-9-3-4-12-16(9)11(14-10)17-2/h3-7H,1-2H3. The van der Waals surface area contributed by atoms with Gasteiger partial charge in [0.25, 0.3) is 0 Å². The van der Waals surface area contributed by atoms with Crippen LogP contribution in [0.1, 0.15) is 0 Å². The molecule has 5 nitrogen and oxygen atoms in total. The van der Waals surface area contributed by atoms with Crippen molar-refractivity contribution in [3.63, 3.8) is 0 Å². The van der Waals surface area contributed by atoms with Crippen molar-refractivity contribution >= 4 is 17.3 Å². The van der Waals surface area contributed by atoms with Gasteiger partial charge < -0.3 is 0 Å². The van der Waals surface area contributed by atoms with Gasteiger partial charge in [0.2, 0.25) is 0 Å². The Morgan fingerprint density at radius 1 is 1.29 bits per heavy atom. The molecule has 0 radical (unpaired) electrons. The number of aryl methyl sites for hydroxylation is 1. The molecule has 3 rings (SSSR count). The summed E-state index contributed by atoms with van der Waals surface area (Å²) in [6.07, 6.45) is 7.55. The number of hydrogen-bond acceptors (Lipinski definition) is 4. The summed E-state index contributed by atoms with van der Waals surface area (Å²) in [5.41, 5.74) is 2.99. The lowest BCUT2D eigenvalue weighted by molar-refractivity contribution is 0.767. The maximum absolute atomic E-state index is 4.59. The lowest BCUT2D eigenvalue weighted by Gasteiger charge is -2.03. The van der Waals surface area contributed by atoms with Crippen molar-refractivity contribution < 1.29 is 0 Å². The second kappa shape index (κ2) is 3.89. The first-order chi connectivity index (χ1) is 8.28. The fourth-order valence-corrected chi connectivity index (χ4v) is 2.25. The largest absolute Gasteiger partial charge is 0.275 e. The summed E-state index contributed by atoms with van der Waals surface area (Å²) in [5, 5.41) is 9.29. The molecule has 0 aromatic carbocycles. The third-order valence-corrected chi connectivity index (χ3v) is 3.17. The molecular weight excluding hydrogens is 234 g/mol. The third kappa shape index (κ3) is 1.70. The molecule has 0 fully saturated rings. The van der Waals surface area contributed by atoms with Crippen LogP contribution in [-0.2, 0) is 7.05 Å². The summed E-state index contributed by atoms with van der Waals surface area (Å²) in [5.74, 6) is 0. The molecule has 0 atom stereocenters. The first kappa shape index (κ1) is 10.3. The molecule has 0 aliphatic rings. The average molecular weight is 245 g/mol. The zero-order valence-electron chi connectivity index (χ0n) is 9.53. The van der Waals surface area contributed by atoms with Gasteiger partial charge in [-0.15, -0.1) is 0 Å². The summed E-state index contributed by atoms with van der Waals surface area (Å²) in [4.78, 5) is 4.59. The molecule has 0 spiro atoms. The summed E-state index contributed by atoms with van der Waals surface area (Å²) < 4.78 is 3.61. The molecule has 0 bridgehead atoms. The quantitative estimate of drug-likeness (QED) is 0.510. The number of rotatable bonds is 2. The topological polar surface area (TPSA) is 48.0 Å². The van der Waals surface area contributed by atoms with E-state index in [9.17, 15) is 0 Å². The molecule has 3 aromatic heterocycles. The molecule has 0 aliphatic carbocycles. The van der Waals surface area contributed by atoms with Gasteiger partial charge in [-0.1, -0.05) is 11.8 Å². The van der Waals surface area contributed by atoms with Crippen molar-refractivity contribution in [2.45, 2.75) is 5.16 Å². The normalized spacial score (nSPS) is 11.2. The zero-order chi connectivity index (χ0) is 11.8. The summed E-state index contributed by atoms with van der Waals surface area (Å²) >= 11 is 1.58. The predicted octanol–water partition coefficient (Wildman–Crippen LogP) is 1.85. The van der Waals surface area contributed by atoms with Crippen molar-refractivity contribution in [2.24, 2.45) is 7.05 Å². The van der Waals surface area contributed by atoms with Gasteiger partial charge in [-0.3, -0.25) is 4.68 Å². The molecule has 0 N–H and O–H groups in total. The first-order valence-electron chi connectivity index (χ1n) is 5.16. The van der Waals surface area contributed by atoms with Crippen LogP contribution >= 0.6 is 11.8 Å². The molecule has 17 heavy (non-hydrogen) atoms. The Bertz CT molecular complexity index is 669. The van der Waals surface area contributed by atoms with E-state index in [0.717, 1.165) is 21.9 Å². The molecule has 3 aromatic rings. The van der Waals surface area contributed by atoms with Crippen LogP contribution in [0.3, 0.4) is 0 Å². The minimum absolute atomic E-state index is 0.881. The van der Waals surface area contributed by atoms with E-state index in [-0.39, 0.29) is 0 Å². The van der Waals surface area contributed by atoms with Crippen LogP contribution in [0.15, 0.2) is 35.9 Å². The van der Waals surface area contributed by atoms with Crippen LogP contribution in [0.4, 0.5) is 0 Å². The maximum Gasteiger partial charge on any atom is 0.189 e. The first-order valence-corrected chi connectivity index (χ1v) is 6.38. The van der Waals surface area contributed by atoms with E-state index >= 15 is 0 Å². The highest BCUT2D eigenvalue weighted by atomic mass is 32.2. The number of aromatic nitrogens is 5. The highest BCUT2D eigenvalue weighted by Gasteiger charge is 2.08. The van der Waals surface area contributed by atoms with Crippen molar-refractivity contribution in [1.82, 2.24) is 24.4 Å². The molecule has 3 heterocycles. The Balaban J connectivity index is 2.23. The Hall–Kier alpha value is -1.82. The van der Waals surface area contributed by atoms with E-state index in [1.54, 1.807) is 22.6 Å². The smallest absolute Gasteiger partial charge is 0.189 e. The van der Waals surface area contributed by atoms with Crippen molar-refractivity contribution in [2.75, 3.05) is 6.26 Å². The molecule has 0 saturated carbocycles. The van der Waals surface area contributed by atoms with Gasteiger partial charge in [0.15, 0.2) is 5.16 Å². The highest BCUT2D eigenvalue weighted by Crippen LogP contribution is 2.22. The van der Waals surface area contributed by atoms with Crippen LogP contribution in [-0.4, -0.2) is 30.6 Å². The second-order valence-electron chi connectivity index (χ2n) is 3.70. The number of nitrogens with zero attached hydrogens (tertiary/aromatic N) is 5. The second-order valence-corrected chi connectivity index (χ2v) is 4.47. The van der Waals surface area contributed by atoms with Crippen molar-refractivity contribution in [3.8, 4) is 11.3 Å². The van der Waals surface area contributed by atoms with E-state index in [1.165, 1.54) is 0 Å². The highest BCUT2D eigenvalue weighted by molar-refractivity contribution is 7.98. The van der Waals surface area contributed by atoms with Crippen LogP contribution in [0.5, 0.6) is 0 Å². The molecule has 0 amide bonds. The Kier molecular flexibility index (Phi) is 2.36. The lowest BCUT2D eigenvalue weighted by atomic mass is 10.2. The van der Waals surface area contributed by atoms with Crippen LogP contribution in [0.2, 0.25) is 0 Å².